The summed E-state index contributed by atoms with van der Waals surface area (Å²) in [6.45, 7) is 0. The number of ether oxygens (including phenoxy) is 1. The van der Waals surface area contributed by atoms with Gasteiger partial charge in [0.25, 0.3) is 0 Å². The molecule has 2 aromatic rings. The average molecular weight is 881 g/mol. The van der Waals surface area contributed by atoms with Crippen molar-refractivity contribution in [2.75, 3.05) is 0 Å². The Morgan fingerprint density at radius 1 is 0.375 bits per heavy atom. The molecule has 17 unspecified atom stereocenters. The summed E-state index contributed by atoms with van der Waals surface area (Å²) in [6, 6.07) is 7.67. The molecule has 5 heterocycles. The predicted molar refractivity (Wildman–Crippen MR) is 235 cm³/mol. The molecule has 9 aliphatic rings. The number of rotatable bonds is 6. The van der Waals surface area contributed by atoms with Gasteiger partial charge < -0.3 is 20.1 Å². The summed E-state index contributed by atoms with van der Waals surface area (Å²) >= 11 is 0. The Hall–Kier alpha value is -4.00. The van der Waals surface area contributed by atoms with E-state index in [1.54, 1.807) is 0 Å². The third-order valence-electron chi connectivity index (χ3n) is 17.3. The minimum Gasteiger partial charge on any atom is -0.478 e. The molecule has 0 amide bonds. The summed E-state index contributed by atoms with van der Waals surface area (Å²) in [6.07, 6.45) is 17.5. The molecule has 8 bridgehead atoms. The second kappa shape index (κ2) is 17.3. The summed E-state index contributed by atoms with van der Waals surface area (Å²) in [4.78, 5) is 50.8. The van der Waals surface area contributed by atoms with Gasteiger partial charge in [0.2, 0.25) is 0 Å². The van der Waals surface area contributed by atoms with E-state index >= 15 is 0 Å². The van der Waals surface area contributed by atoms with Crippen molar-refractivity contribution in [1.29, 1.82) is 0 Å². The largest absolute Gasteiger partial charge is 0.478 e. The Morgan fingerprint density at radius 2 is 0.672 bits per heavy atom. The van der Waals surface area contributed by atoms with E-state index in [1.165, 1.54) is 101 Å². The number of fused-ring (bicyclic) bond motifs is 20. The lowest BCUT2D eigenvalue weighted by Gasteiger charge is -2.39. The molecule has 5 saturated heterocycles. The lowest BCUT2D eigenvalue weighted by atomic mass is 9.75. The Kier molecular flexibility index (Phi) is 11.5. The van der Waals surface area contributed by atoms with Crippen LogP contribution in [0.5, 0.6) is 0 Å². The molecule has 4 saturated carbocycles. The number of hydrogen-bond donors (Lipinski definition) is 11. The molecular formula is C48H64N8O8. The maximum absolute atomic E-state index is 14.4. The molecule has 0 radical (unpaired) electrons. The molecule has 344 valence electrons. The molecule has 16 nitrogen and oxygen atoms in total. The van der Waals surface area contributed by atoms with E-state index in [0.29, 0.717) is 41.9 Å². The minimum atomic E-state index is -1.33. The maximum Gasteiger partial charge on any atom is 0.338 e. The van der Waals surface area contributed by atoms with Gasteiger partial charge in [-0.25, -0.2) is 19.2 Å². The van der Waals surface area contributed by atoms with Gasteiger partial charge in [0, 0.05) is 5.92 Å². The Bertz CT molecular complexity index is 2120. The van der Waals surface area contributed by atoms with Gasteiger partial charge in [-0.2, -0.15) is 0 Å². The highest BCUT2D eigenvalue weighted by Gasteiger charge is 2.56. The molecule has 11 N–H and O–H groups in total. The fraction of sp³-hybridized carbons (Fsp3) is 0.667. The minimum absolute atomic E-state index is 0.00172. The second-order valence-corrected chi connectivity index (χ2v) is 20.6. The number of carboxylic acid groups (broad SMARTS) is 3. The number of benzene rings is 2. The van der Waals surface area contributed by atoms with Crippen molar-refractivity contribution in [2.45, 2.75) is 152 Å². The summed E-state index contributed by atoms with van der Waals surface area (Å²) in [5.41, 5.74) is -0.366. The lowest BCUT2D eigenvalue weighted by Crippen LogP contribution is -2.62. The van der Waals surface area contributed by atoms with Crippen LogP contribution in [0.15, 0.2) is 36.4 Å². The second-order valence-electron chi connectivity index (χ2n) is 20.6. The zero-order valence-corrected chi connectivity index (χ0v) is 36.3. The normalized spacial score (nSPS) is 41.2. The zero-order valence-electron chi connectivity index (χ0n) is 36.3. The van der Waals surface area contributed by atoms with E-state index in [-0.39, 0.29) is 94.5 Å². The van der Waals surface area contributed by atoms with Crippen LogP contribution in [-0.2, 0) is 4.74 Å². The molecule has 4 aliphatic carbocycles. The molecule has 0 aromatic heterocycles. The zero-order chi connectivity index (χ0) is 43.8. The van der Waals surface area contributed by atoms with Gasteiger partial charge in [-0.15, -0.1) is 0 Å². The SMILES string of the molecule is O=C(O)c1cc(C(=O)O)cc(-c2cc(C(=O)O)cc(C(=O)OC3CCCC4C5NC6NC(NC7NC(NC8NC(NC(N5)C34)C3CCCCC83)C3CCCCC73)C3CCCCC63)c2)c1. The van der Waals surface area contributed by atoms with E-state index < -0.39 is 30.0 Å². The highest BCUT2D eigenvalue weighted by atomic mass is 16.5. The first-order valence-corrected chi connectivity index (χ1v) is 24.4. The van der Waals surface area contributed by atoms with Gasteiger partial charge in [-0.3, -0.25) is 42.5 Å². The van der Waals surface area contributed by atoms with Crippen LogP contribution in [0.25, 0.3) is 11.1 Å². The van der Waals surface area contributed by atoms with Crippen molar-refractivity contribution in [3.05, 3.63) is 58.7 Å². The molecular weight excluding hydrogens is 817 g/mol. The Morgan fingerprint density at radius 3 is 1.03 bits per heavy atom. The number of esters is 1. The fourth-order valence-corrected chi connectivity index (χ4v) is 14.4. The standard InChI is InChI=1S/C48H64N8O8/c57-45(58)24-16-22(17-25(20-24)46(59)60)23-18-26(47(61)62)21-27(19-23)48(63)64-35-15-7-14-34-36(35)44-55-42-33-13-6-5-12-32(33)40(53-42)51-38-29-9-2-1-8-28(29)37(49-38)50-39-30-10-3-4-11-31(30)41(52-39)54-43(34)56-44/h16-21,28-44,49-56H,1-15H2,(H,57,58)(H,59,60)(H,61,62). The maximum atomic E-state index is 14.4. The van der Waals surface area contributed by atoms with Crippen LogP contribution < -0.4 is 42.5 Å². The fourth-order valence-electron chi connectivity index (χ4n) is 14.4. The topological polar surface area (TPSA) is 234 Å². The van der Waals surface area contributed by atoms with E-state index in [0.717, 1.165) is 25.3 Å². The van der Waals surface area contributed by atoms with Crippen LogP contribution >= 0.6 is 0 Å². The third-order valence-corrected chi connectivity index (χ3v) is 17.3. The van der Waals surface area contributed by atoms with Crippen molar-refractivity contribution in [3.8, 4) is 11.1 Å². The average Bonchev–Trinajstić information content (AvgIpc) is 4.05. The summed E-state index contributed by atoms with van der Waals surface area (Å²) in [5.74, 6) is -1.44. The first-order valence-electron chi connectivity index (χ1n) is 24.4. The van der Waals surface area contributed by atoms with Gasteiger partial charge in [0.15, 0.2) is 0 Å². The van der Waals surface area contributed by atoms with Gasteiger partial charge in [0.1, 0.15) is 6.10 Å². The van der Waals surface area contributed by atoms with E-state index in [4.69, 9.17) is 4.74 Å². The molecule has 17 atom stereocenters. The summed E-state index contributed by atoms with van der Waals surface area (Å²) < 4.78 is 6.54. The molecule has 16 heteroatoms. The van der Waals surface area contributed by atoms with E-state index in [2.05, 4.69) is 42.5 Å². The number of nitrogens with one attached hydrogen (secondary N) is 8. The van der Waals surface area contributed by atoms with Crippen LogP contribution in [-0.4, -0.2) is 94.6 Å². The lowest BCUT2D eigenvalue weighted by molar-refractivity contribution is -0.0173. The van der Waals surface area contributed by atoms with Crippen LogP contribution in [0.3, 0.4) is 0 Å². The highest BCUT2D eigenvalue weighted by Crippen LogP contribution is 2.46. The number of hydrogen-bond acceptors (Lipinski definition) is 13. The quantitative estimate of drug-likeness (QED) is 0.183. The molecule has 2 aromatic carbocycles. The van der Waals surface area contributed by atoms with E-state index in [1.807, 2.05) is 0 Å². The van der Waals surface area contributed by atoms with Crippen molar-refractivity contribution in [2.24, 2.45) is 47.3 Å². The molecule has 64 heavy (non-hydrogen) atoms. The molecule has 9 fully saturated rings. The van der Waals surface area contributed by atoms with Gasteiger partial charge in [0.05, 0.1) is 71.6 Å². The smallest absolute Gasteiger partial charge is 0.338 e. The predicted octanol–water partition coefficient (Wildman–Crippen LogP) is 4.20. The van der Waals surface area contributed by atoms with Crippen LogP contribution in [0.1, 0.15) is 138 Å². The molecule has 11 rings (SSSR count). The Balaban J connectivity index is 0.914. The van der Waals surface area contributed by atoms with Crippen LogP contribution in [0.2, 0.25) is 0 Å². The number of carbonyl (C=O) groups is 4. The van der Waals surface area contributed by atoms with Crippen LogP contribution in [0, 0.1) is 47.3 Å². The van der Waals surface area contributed by atoms with Crippen molar-refractivity contribution in [3.63, 3.8) is 0 Å². The van der Waals surface area contributed by atoms with Gasteiger partial charge in [-0.1, -0.05) is 38.5 Å². The third kappa shape index (κ3) is 7.84. The number of carboxylic acids is 3. The first kappa shape index (κ1) is 42.6. The molecule has 5 aliphatic heterocycles. The van der Waals surface area contributed by atoms with Crippen LogP contribution in [0.4, 0.5) is 0 Å². The van der Waals surface area contributed by atoms with Crippen molar-refractivity contribution >= 4 is 23.9 Å². The van der Waals surface area contributed by atoms with E-state index in [9.17, 15) is 34.5 Å². The van der Waals surface area contributed by atoms with Crippen molar-refractivity contribution in [1.82, 2.24) is 42.5 Å². The summed E-state index contributed by atoms with van der Waals surface area (Å²) in [5, 5.41) is 62.7. The number of aromatic carboxylic acids is 3. The monoisotopic (exact) mass is 880 g/mol. The molecule has 0 spiro atoms. The first-order chi connectivity index (χ1) is 31.1. The number of carbonyl (C=O) groups excluding carboxylic acids is 1. The van der Waals surface area contributed by atoms with Crippen molar-refractivity contribution < 1.29 is 39.2 Å². The van der Waals surface area contributed by atoms with Gasteiger partial charge >= 0.3 is 23.9 Å². The highest BCUT2D eigenvalue weighted by molar-refractivity contribution is 5.99. The summed E-state index contributed by atoms with van der Waals surface area (Å²) in [7, 11) is 0. The Labute approximate surface area is 373 Å². The van der Waals surface area contributed by atoms with Gasteiger partial charge in [-0.05, 0) is 147 Å².